The number of piperidine rings is 1. The van der Waals surface area contributed by atoms with Crippen molar-refractivity contribution in [1.29, 1.82) is 0 Å². The fourth-order valence-electron chi connectivity index (χ4n) is 2.89. The summed E-state index contributed by atoms with van der Waals surface area (Å²) in [6.07, 6.45) is 4.45. The monoisotopic (exact) mass is 276 g/mol. The van der Waals surface area contributed by atoms with Crippen LogP contribution in [0, 0.1) is 5.82 Å². The number of hydrogen-bond donors (Lipinski definition) is 1. The van der Waals surface area contributed by atoms with E-state index in [1.165, 1.54) is 18.3 Å². The zero-order chi connectivity index (χ0) is 14.1. The van der Waals surface area contributed by atoms with E-state index < -0.39 is 0 Å². The molecule has 0 spiro atoms. The molecule has 1 amide bonds. The van der Waals surface area contributed by atoms with Gasteiger partial charge in [-0.25, -0.2) is 4.39 Å². The third-order valence-electron chi connectivity index (χ3n) is 3.90. The van der Waals surface area contributed by atoms with Gasteiger partial charge in [0.15, 0.2) is 5.76 Å². The first-order valence-electron chi connectivity index (χ1n) is 6.87. The van der Waals surface area contributed by atoms with Gasteiger partial charge in [-0.15, -0.1) is 0 Å². The standard InChI is InChI=1S/C15H17FN2O2/c16-12-6-4-11(5-7-12)9-17-10-13(19)15(20)18-8-2-1-3-14(17)18/h4-7,10,14,19H,1-3,8-9H2. The van der Waals surface area contributed by atoms with Gasteiger partial charge in [-0.05, 0) is 37.0 Å². The molecule has 0 saturated carbocycles. The van der Waals surface area contributed by atoms with Gasteiger partial charge in [0.05, 0.1) is 0 Å². The van der Waals surface area contributed by atoms with E-state index in [2.05, 4.69) is 0 Å². The number of benzene rings is 1. The summed E-state index contributed by atoms with van der Waals surface area (Å²) >= 11 is 0. The fourth-order valence-corrected chi connectivity index (χ4v) is 2.89. The van der Waals surface area contributed by atoms with Gasteiger partial charge in [0, 0.05) is 19.3 Å². The average Bonchev–Trinajstić information content (AvgIpc) is 2.47. The molecule has 2 aliphatic rings. The van der Waals surface area contributed by atoms with Crippen molar-refractivity contribution in [1.82, 2.24) is 9.80 Å². The molecule has 1 fully saturated rings. The van der Waals surface area contributed by atoms with E-state index in [1.54, 1.807) is 17.0 Å². The lowest BCUT2D eigenvalue weighted by Gasteiger charge is -2.44. The first kappa shape index (κ1) is 13.0. The van der Waals surface area contributed by atoms with Gasteiger partial charge in [-0.1, -0.05) is 12.1 Å². The lowest BCUT2D eigenvalue weighted by atomic mass is 10.0. The minimum atomic E-state index is -0.287. The van der Waals surface area contributed by atoms with Crippen molar-refractivity contribution in [2.45, 2.75) is 32.0 Å². The highest BCUT2D eigenvalue weighted by atomic mass is 19.1. The average molecular weight is 276 g/mol. The molecular formula is C15H17FN2O2. The molecule has 2 aliphatic heterocycles. The van der Waals surface area contributed by atoms with Crippen molar-refractivity contribution in [3.63, 3.8) is 0 Å². The number of hydrogen-bond acceptors (Lipinski definition) is 3. The molecule has 0 aromatic heterocycles. The molecular weight excluding hydrogens is 259 g/mol. The Kier molecular flexibility index (Phi) is 3.34. The highest BCUT2D eigenvalue weighted by Crippen LogP contribution is 2.27. The zero-order valence-corrected chi connectivity index (χ0v) is 11.1. The molecule has 1 aromatic rings. The molecule has 3 rings (SSSR count). The summed E-state index contributed by atoms with van der Waals surface area (Å²) in [5.74, 6) is -0.768. The molecule has 1 atom stereocenters. The zero-order valence-electron chi connectivity index (χ0n) is 11.1. The highest BCUT2D eigenvalue weighted by Gasteiger charge is 2.36. The molecule has 1 unspecified atom stereocenters. The van der Waals surface area contributed by atoms with Crippen LogP contribution in [0.2, 0.25) is 0 Å². The second kappa shape index (κ2) is 5.15. The minimum absolute atomic E-state index is 0.00259. The maximum Gasteiger partial charge on any atom is 0.291 e. The molecule has 4 nitrogen and oxygen atoms in total. The first-order valence-corrected chi connectivity index (χ1v) is 6.87. The normalized spacial score (nSPS) is 22.6. The molecule has 2 heterocycles. The Morgan fingerprint density at radius 1 is 1.25 bits per heavy atom. The highest BCUT2D eigenvalue weighted by molar-refractivity contribution is 5.92. The van der Waals surface area contributed by atoms with Crippen LogP contribution < -0.4 is 0 Å². The lowest BCUT2D eigenvalue weighted by molar-refractivity contribution is -0.140. The number of halogens is 1. The van der Waals surface area contributed by atoms with E-state index >= 15 is 0 Å². The third kappa shape index (κ3) is 2.35. The Hall–Kier alpha value is -2.04. The van der Waals surface area contributed by atoms with Crippen molar-refractivity contribution in [3.05, 3.63) is 47.6 Å². The minimum Gasteiger partial charge on any atom is -0.502 e. The van der Waals surface area contributed by atoms with Crippen LogP contribution in [0.15, 0.2) is 36.2 Å². The summed E-state index contributed by atoms with van der Waals surface area (Å²) in [5.41, 5.74) is 0.954. The molecule has 1 aromatic carbocycles. The summed E-state index contributed by atoms with van der Waals surface area (Å²) in [6, 6.07) is 6.30. The van der Waals surface area contributed by atoms with E-state index in [0.29, 0.717) is 13.1 Å². The molecule has 106 valence electrons. The molecule has 1 saturated heterocycles. The van der Waals surface area contributed by atoms with Gasteiger partial charge in [0.2, 0.25) is 0 Å². The summed E-state index contributed by atoms with van der Waals surface area (Å²) in [5, 5.41) is 9.78. The molecule has 5 heteroatoms. The van der Waals surface area contributed by atoms with E-state index in [4.69, 9.17) is 0 Å². The van der Waals surface area contributed by atoms with Gasteiger partial charge in [-0.2, -0.15) is 0 Å². The van der Waals surface area contributed by atoms with Gasteiger partial charge in [0.1, 0.15) is 12.0 Å². The van der Waals surface area contributed by atoms with Crippen molar-refractivity contribution < 1.29 is 14.3 Å². The predicted molar refractivity (Wildman–Crippen MR) is 72.0 cm³/mol. The van der Waals surface area contributed by atoms with Crippen molar-refractivity contribution in [2.75, 3.05) is 6.54 Å². The number of fused-ring (bicyclic) bond motifs is 1. The SMILES string of the molecule is O=C1C(O)=CN(Cc2ccc(F)cc2)C2CCCCN12. The molecule has 1 N–H and O–H groups in total. The quantitative estimate of drug-likeness (QED) is 0.902. The predicted octanol–water partition coefficient (Wildman–Crippen LogP) is 2.38. The Morgan fingerprint density at radius 2 is 2.00 bits per heavy atom. The molecule has 0 radical (unpaired) electrons. The van der Waals surface area contributed by atoms with E-state index in [9.17, 15) is 14.3 Å². The van der Waals surface area contributed by atoms with E-state index in [1.807, 2.05) is 4.90 Å². The number of nitrogens with zero attached hydrogens (tertiary/aromatic N) is 2. The second-order valence-electron chi connectivity index (χ2n) is 5.29. The summed E-state index contributed by atoms with van der Waals surface area (Å²) in [7, 11) is 0. The number of rotatable bonds is 2. The smallest absolute Gasteiger partial charge is 0.291 e. The van der Waals surface area contributed by atoms with E-state index in [-0.39, 0.29) is 23.6 Å². The third-order valence-corrected chi connectivity index (χ3v) is 3.90. The van der Waals surface area contributed by atoms with Crippen LogP contribution >= 0.6 is 0 Å². The fraction of sp³-hybridized carbons (Fsp3) is 0.400. The Labute approximate surface area is 117 Å². The molecule has 0 bridgehead atoms. The lowest BCUT2D eigenvalue weighted by Crippen LogP contribution is -2.54. The van der Waals surface area contributed by atoms with Crippen LogP contribution in [0.1, 0.15) is 24.8 Å². The van der Waals surface area contributed by atoms with Gasteiger partial charge in [-0.3, -0.25) is 4.79 Å². The number of amides is 1. The maximum absolute atomic E-state index is 12.9. The summed E-state index contributed by atoms with van der Waals surface area (Å²) < 4.78 is 12.9. The van der Waals surface area contributed by atoms with Crippen LogP contribution in [-0.4, -0.2) is 33.5 Å². The van der Waals surface area contributed by atoms with Crippen molar-refractivity contribution in [3.8, 4) is 0 Å². The van der Waals surface area contributed by atoms with Gasteiger partial charge >= 0.3 is 0 Å². The summed E-state index contributed by atoms with van der Waals surface area (Å²) in [4.78, 5) is 15.6. The Balaban J connectivity index is 1.83. The van der Waals surface area contributed by atoms with Crippen molar-refractivity contribution in [2.24, 2.45) is 0 Å². The van der Waals surface area contributed by atoms with Gasteiger partial charge in [0.25, 0.3) is 5.91 Å². The number of aliphatic hydroxyl groups is 1. The number of carbonyl (C=O) groups is 1. The van der Waals surface area contributed by atoms with E-state index in [0.717, 1.165) is 24.8 Å². The maximum atomic E-state index is 12.9. The van der Waals surface area contributed by atoms with Crippen LogP contribution in [-0.2, 0) is 11.3 Å². The van der Waals surface area contributed by atoms with Crippen LogP contribution in [0.25, 0.3) is 0 Å². The second-order valence-corrected chi connectivity index (χ2v) is 5.29. The van der Waals surface area contributed by atoms with Gasteiger partial charge < -0.3 is 14.9 Å². The van der Waals surface area contributed by atoms with Crippen LogP contribution in [0.4, 0.5) is 4.39 Å². The van der Waals surface area contributed by atoms with Crippen LogP contribution in [0.5, 0.6) is 0 Å². The summed E-state index contributed by atoms with van der Waals surface area (Å²) in [6.45, 7) is 1.24. The number of carbonyl (C=O) groups excluding carboxylic acids is 1. The molecule has 0 aliphatic carbocycles. The topological polar surface area (TPSA) is 43.8 Å². The Bertz CT molecular complexity index is 541. The Morgan fingerprint density at radius 3 is 2.75 bits per heavy atom. The van der Waals surface area contributed by atoms with Crippen LogP contribution in [0.3, 0.4) is 0 Å². The number of aliphatic hydroxyl groups excluding tert-OH is 1. The first-order chi connectivity index (χ1) is 9.65. The molecule has 20 heavy (non-hydrogen) atoms. The largest absolute Gasteiger partial charge is 0.502 e. The van der Waals surface area contributed by atoms with Crippen molar-refractivity contribution >= 4 is 5.91 Å².